The van der Waals surface area contributed by atoms with Gasteiger partial charge in [0.2, 0.25) is 0 Å². The van der Waals surface area contributed by atoms with Crippen molar-refractivity contribution in [2.45, 2.75) is 64.3 Å². The van der Waals surface area contributed by atoms with Crippen molar-refractivity contribution in [3.8, 4) is 5.75 Å². The molecule has 0 saturated heterocycles. The highest BCUT2D eigenvalue weighted by Gasteiger charge is 2.55. The Kier molecular flexibility index (Phi) is 5.28. The predicted octanol–water partition coefficient (Wildman–Crippen LogP) is 4.40. The van der Waals surface area contributed by atoms with Crippen LogP contribution in [0.1, 0.15) is 63.0 Å². The fraction of sp³-hybridized carbons (Fsp3) is 0.750. The minimum Gasteiger partial charge on any atom is -0.508 e. The molecule has 1 aromatic carbocycles. The Morgan fingerprint density at radius 3 is 2.81 bits per heavy atom. The number of benzene rings is 1. The van der Waals surface area contributed by atoms with E-state index in [1.807, 2.05) is 12.1 Å². The molecular weight excluding hydrogens is 332 g/mol. The van der Waals surface area contributed by atoms with Crippen LogP contribution in [0.5, 0.6) is 5.75 Å². The number of likely N-dealkylation sites (N-methyl/N-ethyl adjacent to an activating group) is 1. The summed E-state index contributed by atoms with van der Waals surface area (Å²) in [4.78, 5) is 2.27. The molecule has 0 unspecified atom stereocenters. The van der Waals surface area contributed by atoms with Gasteiger partial charge in [0.1, 0.15) is 5.75 Å². The maximum absolute atomic E-state index is 9.87. The number of nitrogens with zero attached hydrogens (tertiary/aromatic N) is 1. The lowest BCUT2D eigenvalue weighted by molar-refractivity contribution is 0.0181. The van der Waals surface area contributed by atoms with Crippen molar-refractivity contribution in [2.24, 2.45) is 23.2 Å². The van der Waals surface area contributed by atoms with E-state index in [0.29, 0.717) is 17.2 Å². The van der Waals surface area contributed by atoms with Crippen LogP contribution in [0.3, 0.4) is 0 Å². The molecule has 6 atom stereocenters. The quantitative estimate of drug-likeness (QED) is 0.806. The first-order valence-electron chi connectivity index (χ1n) is 11.1. The first kappa shape index (κ1) is 19.3. The zero-order valence-electron chi connectivity index (χ0n) is 17.7. The highest BCUT2D eigenvalue weighted by molar-refractivity contribution is 5.40. The fourth-order valence-corrected chi connectivity index (χ4v) is 7.09. The van der Waals surface area contributed by atoms with Crippen LogP contribution in [0.15, 0.2) is 18.2 Å². The molecule has 1 aromatic rings. The molecule has 4 rings (SSSR count). The largest absolute Gasteiger partial charge is 0.508 e. The molecule has 3 aliphatic carbocycles. The average molecular weight is 371 g/mol. The third kappa shape index (κ3) is 3.42. The molecule has 0 amide bonds. The monoisotopic (exact) mass is 370 g/mol. The number of rotatable bonds is 5. The van der Waals surface area contributed by atoms with E-state index in [2.05, 4.69) is 44.2 Å². The second-order valence-corrected chi connectivity index (χ2v) is 10.1. The molecule has 3 nitrogen and oxygen atoms in total. The molecular formula is C24H38N2O. The Labute approximate surface area is 165 Å². The smallest absolute Gasteiger partial charge is 0.115 e. The van der Waals surface area contributed by atoms with Crippen LogP contribution in [0.4, 0.5) is 0 Å². The Morgan fingerprint density at radius 2 is 2.04 bits per heavy atom. The van der Waals surface area contributed by atoms with E-state index in [9.17, 15) is 5.11 Å². The van der Waals surface area contributed by atoms with Crippen molar-refractivity contribution in [1.29, 1.82) is 0 Å². The summed E-state index contributed by atoms with van der Waals surface area (Å²) in [5, 5.41) is 13.7. The summed E-state index contributed by atoms with van der Waals surface area (Å²) in [6.07, 6.45) is 7.97. The summed E-state index contributed by atoms with van der Waals surface area (Å²) in [6.45, 7) is 7.25. The lowest BCUT2D eigenvalue weighted by Crippen LogP contribution is -2.48. The molecule has 3 heteroatoms. The van der Waals surface area contributed by atoms with Crippen LogP contribution < -0.4 is 5.32 Å². The maximum Gasteiger partial charge on any atom is 0.115 e. The second-order valence-electron chi connectivity index (χ2n) is 10.1. The summed E-state index contributed by atoms with van der Waals surface area (Å²) in [5.41, 5.74) is 3.46. The third-order valence-electron chi connectivity index (χ3n) is 8.41. The zero-order valence-corrected chi connectivity index (χ0v) is 17.7. The van der Waals surface area contributed by atoms with Gasteiger partial charge in [-0.25, -0.2) is 0 Å². The molecule has 0 heterocycles. The zero-order chi connectivity index (χ0) is 19.2. The predicted molar refractivity (Wildman–Crippen MR) is 112 cm³/mol. The van der Waals surface area contributed by atoms with Crippen molar-refractivity contribution in [3.05, 3.63) is 29.3 Å². The molecule has 150 valence electrons. The molecule has 0 spiro atoms. The topological polar surface area (TPSA) is 35.5 Å². The van der Waals surface area contributed by atoms with Crippen molar-refractivity contribution in [1.82, 2.24) is 10.2 Å². The molecule has 3 aliphatic rings. The van der Waals surface area contributed by atoms with Crippen molar-refractivity contribution in [3.63, 3.8) is 0 Å². The lowest BCUT2D eigenvalue weighted by Gasteiger charge is -2.52. The van der Waals surface area contributed by atoms with Crippen LogP contribution >= 0.6 is 0 Å². The summed E-state index contributed by atoms with van der Waals surface area (Å²) >= 11 is 0. The fourth-order valence-electron chi connectivity index (χ4n) is 7.09. The molecule has 0 radical (unpaired) electrons. The van der Waals surface area contributed by atoms with Crippen LogP contribution in [0.25, 0.3) is 0 Å². The van der Waals surface area contributed by atoms with Crippen LogP contribution in [-0.4, -0.2) is 43.2 Å². The van der Waals surface area contributed by atoms with Gasteiger partial charge in [-0.15, -0.1) is 0 Å². The molecule has 0 bridgehead atoms. The van der Waals surface area contributed by atoms with E-state index in [-0.39, 0.29) is 0 Å². The van der Waals surface area contributed by atoms with Gasteiger partial charge in [-0.3, -0.25) is 0 Å². The van der Waals surface area contributed by atoms with Gasteiger partial charge in [0.25, 0.3) is 0 Å². The van der Waals surface area contributed by atoms with Gasteiger partial charge in [0, 0.05) is 19.1 Å². The molecule has 2 saturated carbocycles. The number of phenolic OH excluding ortho intramolecular Hbond substituents is 1. The maximum atomic E-state index is 9.87. The van der Waals surface area contributed by atoms with Crippen LogP contribution in [-0.2, 0) is 6.42 Å². The van der Waals surface area contributed by atoms with E-state index in [1.165, 1.54) is 37.7 Å². The SMILES string of the molecule is C[C@H](NCCN(C)C)[C@@H]1CC[C@@H]2[C@@H]3CCc4cc(O)ccc4[C@@H]3CC[C@@]21C. The molecule has 2 fully saturated rings. The highest BCUT2D eigenvalue weighted by Crippen LogP contribution is 2.63. The number of hydrogen-bond donors (Lipinski definition) is 2. The summed E-state index contributed by atoms with van der Waals surface area (Å²) in [5.74, 6) is 3.70. The lowest BCUT2D eigenvalue weighted by atomic mass is 9.53. The van der Waals surface area contributed by atoms with Crippen LogP contribution in [0, 0.1) is 23.2 Å². The highest BCUT2D eigenvalue weighted by atomic mass is 16.3. The summed E-state index contributed by atoms with van der Waals surface area (Å²) < 4.78 is 0. The Bertz CT molecular complexity index is 672. The van der Waals surface area contributed by atoms with E-state index in [0.717, 1.165) is 43.2 Å². The van der Waals surface area contributed by atoms with E-state index >= 15 is 0 Å². The average Bonchev–Trinajstić information content (AvgIpc) is 2.98. The van der Waals surface area contributed by atoms with E-state index in [1.54, 1.807) is 5.56 Å². The number of hydrogen-bond acceptors (Lipinski definition) is 3. The Morgan fingerprint density at radius 1 is 1.22 bits per heavy atom. The van der Waals surface area contributed by atoms with Crippen molar-refractivity contribution >= 4 is 0 Å². The van der Waals surface area contributed by atoms with Crippen molar-refractivity contribution < 1.29 is 5.11 Å². The molecule has 0 aliphatic heterocycles. The Hall–Kier alpha value is -1.06. The third-order valence-corrected chi connectivity index (χ3v) is 8.41. The minimum absolute atomic E-state index is 0.436. The summed E-state index contributed by atoms with van der Waals surface area (Å²) in [6, 6.07) is 6.77. The number of nitrogens with one attached hydrogen (secondary N) is 1. The van der Waals surface area contributed by atoms with Gasteiger partial charge in [0.05, 0.1) is 0 Å². The van der Waals surface area contributed by atoms with Crippen LogP contribution in [0.2, 0.25) is 0 Å². The van der Waals surface area contributed by atoms with Gasteiger partial charge in [0.15, 0.2) is 0 Å². The van der Waals surface area contributed by atoms with E-state index in [4.69, 9.17) is 0 Å². The number of fused-ring (bicyclic) bond motifs is 5. The standard InChI is InChI=1S/C24H38N2O/c1-16(25-13-14-26(3)4)22-9-10-23-21-7-5-17-15-18(27)6-8-19(17)20(21)11-12-24(22,23)2/h6,8,15-16,20-23,25,27H,5,7,9-14H2,1-4H3/t16-,20-,21+,22-,23+,24+/m0/s1. The first-order valence-corrected chi connectivity index (χ1v) is 11.1. The second kappa shape index (κ2) is 7.40. The molecule has 27 heavy (non-hydrogen) atoms. The Balaban J connectivity index is 1.49. The molecule has 0 aromatic heterocycles. The van der Waals surface area contributed by atoms with Crippen molar-refractivity contribution in [2.75, 3.05) is 27.2 Å². The number of aromatic hydroxyl groups is 1. The van der Waals surface area contributed by atoms with E-state index < -0.39 is 0 Å². The number of aryl methyl sites for hydroxylation is 1. The minimum atomic E-state index is 0.436. The first-order chi connectivity index (χ1) is 12.9. The normalized spacial score (nSPS) is 36.2. The number of phenols is 1. The van der Waals surface area contributed by atoms with Gasteiger partial charge in [-0.05, 0) is 112 Å². The van der Waals surface area contributed by atoms with Gasteiger partial charge < -0.3 is 15.3 Å². The summed E-state index contributed by atoms with van der Waals surface area (Å²) in [7, 11) is 4.31. The van der Waals surface area contributed by atoms with Gasteiger partial charge in [-0.2, -0.15) is 0 Å². The van der Waals surface area contributed by atoms with Gasteiger partial charge in [-0.1, -0.05) is 13.0 Å². The molecule has 2 N–H and O–H groups in total. The van der Waals surface area contributed by atoms with Gasteiger partial charge >= 0.3 is 0 Å².